The Kier molecular flexibility index (Phi) is 6.81. The van der Waals surface area contributed by atoms with Crippen molar-refractivity contribution in [2.75, 3.05) is 5.32 Å². The maximum atomic E-state index is 14.6. The fraction of sp³-hybridized carbons (Fsp3) is 0.280. The van der Waals surface area contributed by atoms with Gasteiger partial charge < -0.3 is 10.1 Å². The van der Waals surface area contributed by atoms with E-state index in [2.05, 4.69) is 15.3 Å². The van der Waals surface area contributed by atoms with Gasteiger partial charge in [0.2, 0.25) is 11.8 Å². The van der Waals surface area contributed by atoms with Crippen LogP contribution in [0.1, 0.15) is 36.5 Å². The number of nitrogens with one attached hydrogen (secondary N) is 1. The van der Waals surface area contributed by atoms with Crippen molar-refractivity contribution in [3.8, 4) is 11.6 Å². The Hall–Kier alpha value is -3.82. The Morgan fingerprint density at radius 1 is 1.00 bits per heavy atom. The van der Waals surface area contributed by atoms with Gasteiger partial charge in [0.1, 0.15) is 23.7 Å². The number of nitrogens with zero attached hydrogens (tertiary/aromatic N) is 2. The topological polar surface area (TPSA) is 81.2 Å². The molecule has 1 N–H and O–H groups in total. The minimum absolute atomic E-state index is 0.0141. The summed E-state index contributed by atoms with van der Waals surface area (Å²) >= 11 is 0. The van der Waals surface area contributed by atoms with Crippen molar-refractivity contribution in [2.24, 2.45) is 5.92 Å². The summed E-state index contributed by atoms with van der Waals surface area (Å²) in [6.07, 6.45) is 2.48. The molecule has 1 saturated carbocycles. The molecule has 1 aliphatic rings. The number of aromatic nitrogens is 2. The third-order valence-corrected chi connectivity index (χ3v) is 5.36. The first-order valence-corrected chi connectivity index (χ1v) is 10.9. The van der Waals surface area contributed by atoms with Crippen molar-refractivity contribution < 1.29 is 31.9 Å². The normalized spacial score (nSPS) is 13.4. The van der Waals surface area contributed by atoms with Gasteiger partial charge in [-0.2, -0.15) is 0 Å². The van der Waals surface area contributed by atoms with Crippen LogP contribution in [0.25, 0.3) is 0 Å². The molecule has 0 unspecified atom stereocenters. The molecule has 0 saturated heterocycles. The van der Waals surface area contributed by atoms with Gasteiger partial charge in [-0.05, 0) is 48.2 Å². The van der Waals surface area contributed by atoms with Gasteiger partial charge in [-0.15, -0.1) is 0 Å². The van der Waals surface area contributed by atoms with Crippen LogP contribution in [0.5, 0.6) is 11.6 Å². The van der Waals surface area contributed by atoms with E-state index in [0.717, 1.165) is 31.0 Å². The van der Waals surface area contributed by atoms with Gasteiger partial charge in [0.15, 0.2) is 11.6 Å². The van der Waals surface area contributed by atoms with E-state index in [-0.39, 0.29) is 53.5 Å². The van der Waals surface area contributed by atoms with E-state index in [0.29, 0.717) is 12.5 Å². The Bertz CT molecular complexity index is 1270. The van der Waals surface area contributed by atoms with Crippen LogP contribution in [-0.4, -0.2) is 21.7 Å². The standard InChI is InChI=1S/C25H21F4N3O3/c1-25(28,29)18-10-14(2-6-19(18)26)8-17(33)9-15-3-7-21(20(27)11-15)35-23-12-22(30-13-31-23)32-24(34)16-4-5-16/h2-3,6-7,10-13,16H,4-5,8-9H2,1H3,(H,30,31,32,34). The number of amides is 1. The molecule has 0 aliphatic heterocycles. The average molecular weight is 487 g/mol. The molecule has 0 radical (unpaired) electrons. The van der Waals surface area contributed by atoms with Gasteiger partial charge in [0, 0.05) is 31.7 Å². The largest absolute Gasteiger partial charge is 0.436 e. The van der Waals surface area contributed by atoms with Crippen molar-refractivity contribution in [1.29, 1.82) is 0 Å². The zero-order valence-electron chi connectivity index (χ0n) is 18.7. The maximum absolute atomic E-state index is 14.6. The number of ketones is 1. The Morgan fingerprint density at radius 2 is 1.69 bits per heavy atom. The fourth-order valence-corrected chi connectivity index (χ4v) is 3.42. The highest BCUT2D eigenvalue weighted by atomic mass is 19.3. The van der Waals surface area contributed by atoms with E-state index in [9.17, 15) is 27.2 Å². The molecular formula is C25H21F4N3O3. The van der Waals surface area contributed by atoms with E-state index in [1.165, 1.54) is 30.6 Å². The molecule has 10 heteroatoms. The number of alkyl halides is 2. The lowest BCUT2D eigenvalue weighted by Gasteiger charge is -2.13. The number of hydrogen-bond acceptors (Lipinski definition) is 5. The molecular weight excluding hydrogens is 466 g/mol. The van der Waals surface area contributed by atoms with Crippen LogP contribution in [0, 0.1) is 17.6 Å². The molecule has 1 aliphatic carbocycles. The predicted molar refractivity (Wildman–Crippen MR) is 118 cm³/mol. The lowest BCUT2D eigenvalue weighted by Crippen LogP contribution is -2.14. The number of Topliss-reactive ketones (excluding diaryl/α,β-unsaturated/α-hetero) is 1. The number of benzene rings is 2. The van der Waals surface area contributed by atoms with E-state index in [1.807, 2.05) is 0 Å². The molecule has 1 heterocycles. The van der Waals surface area contributed by atoms with Gasteiger partial charge in [0.05, 0.1) is 5.56 Å². The van der Waals surface area contributed by atoms with Crippen molar-refractivity contribution in [1.82, 2.24) is 9.97 Å². The first-order chi connectivity index (χ1) is 16.6. The van der Waals surface area contributed by atoms with Gasteiger partial charge >= 0.3 is 0 Å². The minimum atomic E-state index is -3.38. The predicted octanol–water partition coefficient (Wildman–Crippen LogP) is 5.36. The van der Waals surface area contributed by atoms with E-state index < -0.39 is 23.1 Å². The van der Waals surface area contributed by atoms with Gasteiger partial charge in [-0.25, -0.2) is 27.5 Å². The van der Waals surface area contributed by atoms with Crippen LogP contribution in [0.2, 0.25) is 0 Å². The SMILES string of the molecule is CC(F)(F)c1cc(CC(=O)Cc2ccc(Oc3cc(NC(=O)C4CC4)ncn3)c(F)c2)ccc1F. The highest BCUT2D eigenvalue weighted by molar-refractivity contribution is 5.93. The quantitative estimate of drug-likeness (QED) is 0.411. The molecule has 35 heavy (non-hydrogen) atoms. The molecule has 3 aromatic rings. The van der Waals surface area contributed by atoms with E-state index >= 15 is 0 Å². The smallest absolute Gasteiger partial charge is 0.273 e. The lowest BCUT2D eigenvalue weighted by atomic mass is 9.99. The molecule has 0 atom stereocenters. The molecule has 2 aromatic carbocycles. The van der Waals surface area contributed by atoms with E-state index in [1.54, 1.807) is 0 Å². The summed E-state index contributed by atoms with van der Waals surface area (Å²) < 4.78 is 60.7. The Morgan fingerprint density at radius 3 is 2.34 bits per heavy atom. The van der Waals surface area contributed by atoms with Gasteiger partial charge in [0.25, 0.3) is 5.92 Å². The third-order valence-electron chi connectivity index (χ3n) is 5.36. The second-order valence-electron chi connectivity index (χ2n) is 8.47. The average Bonchev–Trinajstić information content (AvgIpc) is 3.62. The number of halogens is 4. The van der Waals surface area contributed by atoms with Crippen molar-refractivity contribution >= 4 is 17.5 Å². The van der Waals surface area contributed by atoms with Crippen molar-refractivity contribution in [3.63, 3.8) is 0 Å². The van der Waals surface area contributed by atoms with Gasteiger partial charge in [-0.1, -0.05) is 12.1 Å². The third kappa shape index (κ3) is 6.40. The van der Waals surface area contributed by atoms with Crippen LogP contribution in [0.4, 0.5) is 23.4 Å². The molecule has 1 aromatic heterocycles. The molecule has 182 valence electrons. The summed E-state index contributed by atoms with van der Waals surface area (Å²) in [5.74, 6) is -5.58. The molecule has 4 rings (SSSR count). The van der Waals surface area contributed by atoms with Crippen LogP contribution >= 0.6 is 0 Å². The second-order valence-corrected chi connectivity index (χ2v) is 8.47. The lowest BCUT2D eigenvalue weighted by molar-refractivity contribution is -0.118. The van der Waals surface area contributed by atoms with E-state index in [4.69, 9.17) is 4.74 Å². The maximum Gasteiger partial charge on any atom is 0.273 e. The summed E-state index contributed by atoms with van der Waals surface area (Å²) in [4.78, 5) is 32.1. The number of carbonyl (C=O) groups excluding carboxylic acids is 2. The number of anilines is 1. The summed E-state index contributed by atoms with van der Waals surface area (Å²) in [6.45, 7) is 0.579. The van der Waals surface area contributed by atoms with Crippen LogP contribution in [0.15, 0.2) is 48.8 Å². The molecule has 1 amide bonds. The van der Waals surface area contributed by atoms with Gasteiger partial charge in [-0.3, -0.25) is 9.59 Å². The first-order valence-electron chi connectivity index (χ1n) is 10.9. The summed E-state index contributed by atoms with van der Waals surface area (Å²) in [7, 11) is 0. The number of ether oxygens (including phenoxy) is 1. The second kappa shape index (κ2) is 9.81. The highest BCUT2D eigenvalue weighted by Gasteiger charge is 2.30. The summed E-state index contributed by atoms with van der Waals surface area (Å²) in [5, 5.41) is 2.65. The van der Waals surface area contributed by atoms with Crippen LogP contribution < -0.4 is 10.1 Å². The monoisotopic (exact) mass is 487 g/mol. The Labute approximate surface area is 198 Å². The van der Waals surface area contributed by atoms with Crippen LogP contribution in [-0.2, 0) is 28.4 Å². The Balaban J connectivity index is 1.39. The zero-order valence-corrected chi connectivity index (χ0v) is 18.7. The zero-order chi connectivity index (χ0) is 25.2. The molecule has 6 nitrogen and oxygen atoms in total. The fourth-order valence-electron chi connectivity index (χ4n) is 3.42. The molecule has 0 spiro atoms. The highest BCUT2D eigenvalue weighted by Crippen LogP contribution is 2.31. The summed E-state index contributed by atoms with van der Waals surface area (Å²) in [5.41, 5.74) is -0.194. The number of rotatable bonds is 9. The summed E-state index contributed by atoms with van der Waals surface area (Å²) in [6, 6.07) is 8.45. The van der Waals surface area contributed by atoms with Crippen molar-refractivity contribution in [3.05, 3.63) is 77.1 Å². The van der Waals surface area contributed by atoms with Crippen LogP contribution in [0.3, 0.4) is 0 Å². The van der Waals surface area contributed by atoms with Crippen molar-refractivity contribution in [2.45, 2.75) is 38.5 Å². The number of carbonyl (C=O) groups is 2. The number of hydrogen-bond donors (Lipinski definition) is 1. The molecule has 1 fully saturated rings. The minimum Gasteiger partial charge on any atom is -0.436 e. The first kappa shape index (κ1) is 24.3. The molecule has 0 bridgehead atoms.